The smallest absolute Gasteiger partial charge is 0.306 e. The number of methoxy groups -OCH3 is 2. The van der Waals surface area contributed by atoms with Gasteiger partial charge < -0.3 is 9.47 Å². The summed E-state index contributed by atoms with van der Waals surface area (Å²) in [6.45, 7) is 0. The fraction of sp³-hybridized carbons (Fsp3) is 0.192. The van der Waals surface area contributed by atoms with Crippen LogP contribution in [0.4, 0.5) is 0 Å². The van der Waals surface area contributed by atoms with Gasteiger partial charge in [0.05, 0.1) is 25.5 Å². The van der Waals surface area contributed by atoms with E-state index in [1.807, 2.05) is 66.7 Å². The van der Waals surface area contributed by atoms with Gasteiger partial charge in [-0.3, -0.25) is 4.79 Å². The molecule has 3 rings (SSSR count). The second kappa shape index (κ2) is 11.4. The van der Waals surface area contributed by atoms with Gasteiger partial charge in [0.15, 0.2) is 0 Å². The van der Waals surface area contributed by atoms with Crippen LogP contribution in [0.2, 0.25) is 0 Å². The molecule has 7 heteroatoms. The summed E-state index contributed by atoms with van der Waals surface area (Å²) in [6, 6.07) is 24.3. The van der Waals surface area contributed by atoms with Crippen LogP contribution in [0.25, 0.3) is 6.08 Å². The molecule has 0 aliphatic heterocycles. The van der Waals surface area contributed by atoms with E-state index >= 15 is 0 Å². The molecule has 0 saturated heterocycles. The second-order valence-corrected chi connectivity index (χ2v) is 9.10. The van der Waals surface area contributed by atoms with Crippen molar-refractivity contribution in [3.05, 3.63) is 102 Å². The molecule has 0 aromatic heterocycles. The third-order valence-corrected chi connectivity index (χ3v) is 6.71. The van der Waals surface area contributed by atoms with Gasteiger partial charge in [0.2, 0.25) is 10.0 Å². The van der Waals surface area contributed by atoms with Crippen molar-refractivity contribution in [1.82, 2.24) is 4.72 Å². The molecule has 2 atom stereocenters. The minimum atomic E-state index is -3.89. The monoisotopic (exact) mass is 465 g/mol. The predicted molar refractivity (Wildman–Crippen MR) is 128 cm³/mol. The maximum absolute atomic E-state index is 13.2. The second-order valence-electron chi connectivity index (χ2n) is 7.39. The largest absolute Gasteiger partial charge is 0.497 e. The highest BCUT2D eigenvalue weighted by atomic mass is 32.2. The molecule has 0 radical (unpaired) electrons. The minimum absolute atomic E-state index is 0.00937. The van der Waals surface area contributed by atoms with E-state index in [2.05, 4.69) is 4.72 Å². The Kier molecular flexibility index (Phi) is 8.40. The number of ether oxygens (including phenoxy) is 2. The molecule has 0 fully saturated rings. The van der Waals surface area contributed by atoms with Crippen LogP contribution < -0.4 is 9.46 Å². The van der Waals surface area contributed by atoms with Crippen molar-refractivity contribution in [1.29, 1.82) is 0 Å². The Morgan fingerprint density at radius 2 is 1.52 bits per heavy atom. The fourth-order valence-electron chi connectivity index (χ4n) is 3.45. The maximum Gasteiger partial charge on any atom is 0.306 e. The molecule has 33 heavy (non-hydrogen) atoms. The number of nitrogens with one attached hydrogen (secondary N) is 1. The van der Waals surface area contributed by atoms with Gasteiger partial charge in [-0.1, -0.05) is 72.8 Å². The maximum atomic E-state index is 13.2. The molecular weight excluding hydrogens is 438 g/mol. The number of hydrogen-bond acceptors (Lipinski definition) is 5. The molecular formula is C26H27NO5S. The summed E-state index contributed by atoms with van der Waals surface area (Å²) in [5, 5.41) is 0. The predicted octanol–water partition coefficient (Wildman–Crippen LogP) is 4.40. The summed E-state index contributed by atoms with van der Waals surface area (Å²) in [4.78, 5) is 12.3. The number of carbonyl (C=O) groups is 1. The van der Waals surface area contributed by atoms with E-state index in [1.165, 1.54) is 26.4 Å². The van der Waals surface area contributed by atoms with Gasteiger partial charge in [-0.15, -0.1) is 0 Å². The molecule has 6 nitrogen and oxygen atoms in total. The van der Waals surface area contributed by atoms with Crippen molar-refractivity contribution < 1.29 is 22.7 Å². The van der Waals surface area contributed by atoms with Crippen molar-refractivity contribution in [2.45, 2.75) is 23.3 Å². The lowest BCUT2D eigenvalue weighted by Gasteiger charge is -2.25. The van der Waals surface area contributed by atoms with Gasteiger partial charge in [0, 0.05) is 12.0 Å². The van der Waals surface area contributed by atoms with E-state index in [0.717, 1.165) is 11.1 Å². The first-order chi connectivity index (χ1) is 15.9. The van der Waals surface area contributed by atoms with Crippen LogP contribution in [0, 0.1) is 0 Å². The average Bonchev–Trinajstić information content (AvgIpc) is 2.86. The Bertz CT molecular complexity index is 1160. The molecule has 0 amide bonds. The lowest BCUT2D eigenvalue weighted by molar-refractivity contribution is -0.141. The van der Waals surface area contributed by atoms with E-state index in [1.54, 1.807) is 18.2 Å². The van der Waals surface area contributed by atoms with Crippen LogP contribution in [0.1, 0.15) is 23.5 Å². The highest BCUT2D eigenvalue weighted by molar-refractivity contribution is 7.89. The molecule has 3 aromatic carbocycles. The van der Waals surface area contributed by atoms with Gasteiger partial charge >= 0.3 is 5.97 Å². The summed E-state index contributed by atoms with van der Waals surface area (Å²) in [6.07, 6.45) is 3.63. The van der Waals surface area contributed by atoms with E-state index in [9.17, 15) is 13.2 Å². The average molecular weight is 466 g/mol. The van der Waals surface area contributed by atoms with E-state index in [-0.39, 0.29) is 11.3 Å². The number of benzene rings is 3. The van der Waals surface area contributed by atoms with Gasteiger partial charge in [-0.2, -0.15) is 0 Å². The van der Waals surface area contributed by atoms with Gasteiger partial charge in [-0.25, -0.2) is 13.1 Å². The van der Waals surface area contributed by atoms with E-state index in [0.29, 0.717) is 5.75 Å². The molecule has 0 bridgehead atoms. The van der Waals surface area contributed by atoms with Crippen LogP contribution in [-0.2, 0) is 19.6 Å². The highest BCUT2D eigenvalue weighted by Gasteiger charge is 2.29. The van der Waals surface area contributed by atoms with Crippen LogP contribution in [0.5, 0.6) is 5.75 Å². The lowest BCUT2D eigenvalue weighted by Crippen LogP contribution is -2.38. The highest BCUT2D eigenvalue weighted by Crippen LogP contribution is 2.27. The summed E-state index contributed by atoms with van der Waals surface area (Å²) in [5.41, 5.74) is 1.74. The number of sulfonamides is 1. The molecule has 3 aromatic rings. The zero-order valence-electron chi connectivity index (χ0n) is 18.5. The van der Waals surface area contributed by atoms with Crippen LogP contribution >= 0.6 is 0 Å². The first kappa shape index (κ1) is 24.2. The Hall–Kier alpha value is -3.42. The fourth-order valence-corrected chi connectivity index (χ4v) is 4.68. The van der Waals surface area contributed by atoms with Gasteiger partial charge in [0.1, 0.15) is 5.75 Å². The zero-order chi connectivity index (χ0) is 23.7. The summed E-state index contributed by atoms with van der Waals surface area (Å²) in [5.74, 6) is -0.348. The molecule has 0 aliphatic rings. The Morgan fingerprint density at radius 3 is 2.09 bits per heavy atom. The standard InChI is InChI=1S/C26H27NO5S/c1-31-22-14-16-23(17-15-22)33(29,30)27-25(18-13-20-9-5-3-6-10-20)24(19-26(28)32-2)21-11-7-4-8-12-21/h3-18,24-25,27H,19H2,1-2H3/b18-13+/t24-,25+/m0/s1. The van der Waals surface area contributed by atoms with Gasteiger partial charge in [0.25, 0.3) is 0 Å². The normalized spacial score (nSPS) is 13.4. The van der Waals surface area contributed by atoms with Crippen molar-refractivity contribution in [2.75, 3.05) is 14.2 Å². The van der Waals surface area contributed by atoms with E-state index < -0.39 is 28.0 Å². The third kappa shape index (κ3) is 6.78. The van der Waals surface area contributed by atoms with Crippen molar-refractivity contribution in [3.8, 4) is 5.75 Å². The summed E-state index contributed by atoms with van der Waals surface area (Å²) in [7, 11) is -1.06. The summed E-state index contributed by atoms with van der Waals surface area (Å²) >= 11 is 0. The Morgan fingerprint density at radius 1 is 0.909 bits per heavy atom. The number of hydrogen-bond donors (Lipinski definition) is 1. The molecule has 0 aliphatic carbocycles. The van der Waals surface area contributed by atoms with Crippen LogP contribution in [0.3, 0.4) is 0 Å². The quantitative estimate of drug-likeness (QED) is 0.449. The number of carbonyl (C=O) groups excluding carboxylic acids is 1. The number of rotatable bonds is 10. The first-order valence-electron chi connectivity index (χ1n) is 10.4. The lowest BCUT2D eigenvalue weighted by atomic mass is 9.88. The first-order valence-corrected chi connectivity index (χ1v) is 11.9. The van der Waals surface area contributed by atoms with E-state index in [4.69, 9.17) is 9.47 Å². The molecule has 0 saturated carbocycles. The van der Waals surface area contributed by atoms with Crippen molar-refractivity contribution in [3.63, 3.8) is 0 Å². The van der Waals surface area contributed by atoms with Crippen LogP contribution in [0.15, 0.2) is 95.9 Å². The Balaban J connectivity index is 2.01. The molecule has 1 N–H and O–H groups in total. The Labute approximate surface area is 194 Å². The van der Waals surface area contributed by atoms with Crippen molar-refractivity contribution >= 4 is 22.1 Å². The molecule has 0 spiro atoms. The minimum Gasteiger partial charge on any atom is -0.497 e. The SMILES string of the molecule is COC(=O)C[C@@H](c1ccccc1)[C@@H](/C=C/c1ccccc1)NS(=O)(=O)c1ccc(OC)cc1. The summed E-state index contributed by atoms with van der Waals surface area (Å²) < 4.78 is 39.3. The zero-order valence-corrected chi connectivity index (χ0v) is 19.4. The molecule has 172 valence electrons. The van der Waals surface area contributed by atoms with Crippen LogP contribution in [-0.4, -0.2) is 34.6 Å². The molecule has 0 unspecified atom stereocenters. The van der Waals surface area contributed by atoms with Crippen molar-refractivity contribution in [2.24, 2.45) is 0 Å². The van der Waals surface area contributed by atoms with Gasteiger partial charge in [-0.05, 0) is 35.4 Å². The third-order valence-electron chi connectivity index (χ3n) is 5.23. The molecule has 0 heterocycles. The topological polar surface area (TPSA) is 81.7 Å². The number of esters is 1.